The maximum atomic E-state index is 10.7. The molecule has 6 nitrogen and oxygen atoms in total. The highest BCUT2D eigenvalue weighted by molar-refractivity contribution is 14.1. The van der Waals surface area contributed by atoms with Gasteiger partial charge in [-0.3, -0.25) is 20.2 Å². The Hall–Kier alpha value is -1.30. The molecule has 0 amide bonds. The first-order chi connectivity index (χ1) is 9.40. The molecule has 0 radical (unpaired) electrons. The maximum absolute atomic E-state index is 10.7. The molecule has 0 aliphatic heterocycles. The molecule has 0 aliphatic rings. The molecule has 20 heavy (non-hydrogen) atoms. The number of hydrogen-bond donors (Lipinski definition) is 0. The number of hydrogen-bond acceptors (Lipinski definition) is 4. The molecule has 0 N–H and O–H groups in total. The van der Waals surface area contributed by atoms with Gasteiger partial charge in [0.2, 0.25) is 0 Å². The lowest BCUT2D eigenvalue weighted by molar-refractivity contribution is -0.385. The third-order valence-corrected chi connectivity index (χ3v) is 4.40. The van der Waals surface area contributed by atoms with Gasteiger partial charge >= 0.3 is 0 Å². The van der Waals surface area contributed by atoms with Gasteiger partial charge in [-0.15, -0.1) is 0 Å². The van der Waals surface area contributed by atoms with Crippen molar-refractivity contribution in [2.45, 2.75) is 0 Å². The molecule has 0 bridgehead atoms. The van der Waals surface area contributed by atoms with Gasteiger partial charge in [0.25, 0.3) is 11.4 Å². The SMILES string of the molecule is O=[N+]([O-])c1ccc(-c2ccc([N+](=O)[O-])cc2I)c(I)c1. The van der Waals surface area contributed by atoms with Gasteiger partial charge < -0.3 is 0 Å². The molecule has 0 aliphatic carbocycles. The van der Waals surface area contributed by atoms with Crippen LogP contribution in [0.5, 0.6) is 0 Å². The summed E-state index contributed by atoms with van der Waals surface area (Å²) in [5.74, 6) is 0. The average molecular weight is 496 g/mol. The van der Waals surface area contributed by atoms with Gasteiger partial charge in [-0.1, -0.05) is 0 Å². The molecule has 0 fully saturated rings. The fourth-order valence-electron chi connectivity index (χ4n) is 1.67. The fourth-order valence-corrected chi connectivity index (χ4v) is 3.25. The summed E-state index contributed by atoms with van der Waals surface area (Å²) in [5.41, 5.74) is 1.68. The minimum absolute atomic E-state index is 0.0232. The zero-order valence-electron chi connectivity index (χ0n) is 9.75. The van der Waals surface area contributed by atoms with Crippen molar-refractivity contribution in [2.24, 2.45) is 0 Å². The van der Waals surface area contributed by atoms with Crippen molar-refractivity contribution in [1.82, 2.24) is 0 Å². The van der Waals surface area contributed by atoms with Crippen molar-refractivity contribution in [3.63, 3.8) is 0 Å². The van der Waals surface area contributed by atoms with Crippen molar-refractivity contribution >= 4 is 56.6 Å². The third kappa shape index (κ3) is 3.06. The molecule has 0 heterocycles. The highest BCUT2D eigenvalue weighted by atomic mass is 127. The Labute approximate surface area is 140 Å². The van der Waals surface area contributed by atoms with E-state index in [0.29, 0.717) is 0 Å². The molecule has 0 atom stereocenters. The number of nitrogens with zero attached hydrogens (tertiary/aromatic N) is 2. The van der Waals surface area contributed by atoms with E-state index in [0.717, 1.165) is 18.3 Å². The first-order valence-corrected chi connectivity index (χ1v) is 7.44. The van der Waals surface area contributed by atoms with Gasteiger partial charge in [0, 0.05) is 31.4 Å². The van der Waals surface area contributed by atoms with Gasteiger partial charge in [0.1, 0.15) is 0 Å². The highest BCUT2D eigenvalue weighted by Gasteiger charge is 2.14. The van der Waals surface area contributed by atoms with Crippen molar-refractivity contribution in [3.8, 4) is 11.1 Å². The molecule has 2 aromatic rings. The first kappa shape index (κ1) is 15.1. The number of benzene rings is 2. The molecule has 0 spiro atoms. The highest BCUT2D eigenvalue weighted by Crippen LogP contribution is 2.33. The molecule has 0 unspecified atom stereocenters. The summed E-state index contributed by atoms with van der Waals surface area (Å²) in [6.45, 7) is 0. The number of nitro benzene ring substituents is 2. The Kier molecular flexibility index (Phi) is 4.52. The predicted molar refractivity (Wildman–Crippen MR) is 90.6 cm³/mol. The summed E-state index contributed by atoms with van der Waals surface area (Å²) < 4.78 is 1.45. The number of rotatable bonds is 3. The lowest BCUT2D eigenvalue weighted by Gasteiger charge is -2.07. The summed E-state index contributed by atoms with van der Waals surface area (Å²) in [7, 11) is 0. The average Bonchev–Trinajstić information content (AvgIpc) is 2.38. The van der Waals surface area contributed by atoms with Crippen LogP contribution in [0.2, 0.25) is 0 Å². The predicted octanol–water partition coefficient (Wildman–Crippen LogP) is 4.38. The third-order valence-electron chi connectivity index (χ3n) is 2.62. The van der Waals surface area contributed by atoms with E-state index in [1.807, 2.05) is 45.2 Å². The van der Waals surface area contributed by atoms with E-state index in [4.69, 9.17) is 0 Å². The Bertz CT molecular complexity index is 657. The Morgan fingerprint density at radius 2 is 1.10 bits per heavy atom. The topological polar surface area (TPSA) is 86.3 Å². The van der Waals surface area contributed by atoms with Crippen LogP contribution in [-0.4, -0.2) is 9.85 Å². The van der Waals surface area contributed by atoms with Crippen LogP contribution >= 0.6 is 45.2 Å². The summed E-state index contributed by atoms with van der Waals surface area (Å²) in [6, 6.07) is 9.12. The van der Waals surface area contributed by atoms with Crippen molar-refractivity contribution in [2.75, 3.05) is 0 Å². The standard InChI is InChI=1S/C12H6I2N2O4/c13-11-5-7(15(17)18)1-3-9(11)10-4-2-8(16(19)20)6-12(10)14/h1-6H. The van der Waals surface area contributed by atoms with E-state index in [-0.39, 0.29) is 11.4 Å². The van der Waals surface area contributed by atoms with Crippen LogP contribution in [0.15, 0.2) is 36.4 Å². The van der Waals surface area contributed by atoms with Crippen LogP contribution in [0.25, 0.3) is 11.1 Å². The number of non-ortho nitro benzene ring substituents is 2. The van der Waals surface area contributed by atoms with E-state index in [1.54, 1.807) is 12.1 Å². The largest absolute Gasteiger partial charge is 0.270 e. The van der Waals surface area contributed by atoms with E-state index in [1.165, 1.54) is 24.3 Å². The smallest absolute Gasteiger partial charge is 0.258 e. The second-order valence-electron chi connectivity index (χ2n) is 3.84. The molecule has 102 valence electrons. The second-order valence-corrected chi connectivity index (χ2v) is 6.17. The van der Waals surface area contributed by atoms with Crippen LogP contribution in [0.4, 0.5) is 11.4 Å². The number of halogens is 2. The minimum Gasteiger partial charge on any atom is -0.258 e. The monoisotopic (exact) mass is 496 g/mol. The van der Waals surface area contributed by atoms with Gasteiger partial charge in [0.15, 0.2) is 0 Å². The number of nitro groups is 2. The fraction of sp³-hybridized carbons (Fsp3) is 0. The van der Waals surface area contributed by atoms with Crippen molar-refractivity contribution < 1.29 is 9.85 Å². The van der Waals surface area contributed by atoms with Crippen LogP contribution in [0.3, 0.4) is 0 Å². The van der Waals surface area contributed by atoms with Crippen molar-refractivity contribution in [1.29, 1.82) is 0 Å². The van der Waals surface area contributed by atoms with Crippen LogP contribution in [-0.2, 0) is 0 Å². The van der Waals surface area contributed by atoms with Crippen LogP contribution in [0, 0.1) is 27.4 Å². The van der Waals surface area contributed by atoms with Gasteiger partial charge in [-0.25, -0.2) is 0 Å². The molecule has 8 heteroatoms. The zero-order valence-corrected chi connectivity index (χ0v) is 14.1. The Morgan fingerprint density at radius 3 is 1.35 bits per heavy atom. The summed E-state index contributed by atoms with van der Waals surface area (Å²) >= 11 is 4.04. The molecule has 2 rings (SSSR count). The normalized spacial score (nSPS) is 10.3. The summed E-state index contributed by atoms with van der Waals surface area (Å²) in [6.07, 6.45) is 0. The second kappa shape index (κ2) is 5.99. The molecule has 0 aromatic heterocycles. The molecular formula is C12H6I2N2O4. The van der Waals surface area contributed by atoms with E-state index in [9.17, 15) is 20.2 Å². The van der Waals surface area contributed by atoms with Crippen molar-refractivity contribution in [3.05, 3.63) is 63.8 Å². The molecule has 0 saturated carbocycles. The summed E-state index contributed by atoms with van der Waals surface area (Å²) in [4.78, 5) is 20.5. The van der Waals surface area contributed by atoms with Crippen LogP contribution in [0.1, 0.15) is 0 Å². The first-order valence-electron chi connectivity index (χ1n) is 5.28. The van der Waals surface area contributed by atoms with E-state index in [2.05, 4.69) is 0 Å². The van der Waals surface area contributed by atoms with Gasteiger partial charge in [-0.2, -0.15) is 0 Å². The van der Waals surface area contributed by atoms with Crippen LogP contribution < -0.4 is 0 Å². The Morgan fingerprint density at radius 1 is 0.750 bits per heavy atom. The lowest BCUT2D eigenvalue weighted by atomic mass is 10.1. The summed E-state index contributed by atoms with van der Waals surface area (Å²) in [5, 5.41) is 21.4. The van der Waals surface area contributed by atoms with E-state index < -0.39 is 9.85 Å². The maximum Gasteiger partial charge on any atom is 0.270 e. The zero-order chi connectivity index (χ0) is 14.9. The van der Waals surface area contributed by atoms with Gasteiger partial charge in [-0.05, 0) is 68.4 Å². The lowest BCUT2D eigenvalue weighted by Crippen LogP contribution is -1.93. The minimum atomic E-state index is -0.452. The molecule has 2 aromatic carbocycles. The quantitative estimate of drug-likeness (QED) is 0.359. The molecule has 0 saturated heterocycles. The Balaban J connectivity index is 2.52. The van der Waals surface area contributed by atoms with E-state index >= 15 is 0 Å². The molecular weight excluding hydrogens is 490 g/mol. The van der Waals surface area contributed by atoms with Gasteiger partial charge in [0.05, 0.1) is 9.85 Å².